The molecule has 0 fully saturated rings. The number of nitrogens with one attached hydrogen (secondary N) is 2. The van der Waals surface area contributed by atoms with E-state index in [1.54, 1.807) is 0 Å². The highest BCUT2D eigenvalue weighted by molar-refractivity contribution is 5.94. The van der Waals surface area contributed by atoms with E-state index in [4.69, 9.17) is 5.73 Å². The van der Waals surface area contributed by atoms with Gasteiger partial charge in [0.1, 0.15) is 11.4 Å². The zero-order valence-corrected chi connectivity index (χ0v) is 13.7. The molecule has 0 saturated carbocycles. The van der Waals surface area contributed by atoms with Gasteiger partial charge in [0, 0.05) is 5.41 Å². The summed E-state index contributed by atoms with van der Waals surface area (Å²) in [6.45, 7) is 5.23. The average Bonchev–Trinajstić information content (AvgIpc) is 2.34. The molecule has 0 spiro atoms. The SMILES string of the molecule is Cc1nc(C(C)(C)C)[nH]c(=O)c1C(=O)NCC(F)(F)CN.Cl. The minimum Gasteiger partial charge on any atom is -0.346 e. The first-order valence-corrected chi connectivity index (χ1v) is 6.45. The number of alkyl halides is 2. The number of nitrogens with two attached hydrogens (primary N) is 1. The van der Waals surface area contributed by atoms with Crippen molar-refractivity contribution in [1.82, 2.24) is 15.3 Å². The molecule has 1 rings (SSSR count). The van der Waals surface area contributed by atoms with E-state index in [1.165, 1.54) is 6.92 Å². The van der Waals surface area contributed by atoms with E-state index in [1.807, 2.05) is 26.1 Å². The third-order valence-electron chi connectivity index (χ3n) is 2.84. The lowest BCUT2D eigenvalue weighted by molar-refractivity contribution is 0.0118. The summed E-state index contributed by atoms with van der Waals surface area (Å²) in [4.78, 5) is 30.5. The molecule has 4 N–H and O–H groups in total. The fourth-order valence-electron chi connectivity index (χ4n) is 1.58. The molecule has 0 aliphatic heterocycles. The largest absolute Gasteiger partial charge is 0.346 e. The van der Waals surface area contributed by atoms with Gasteiger partial charge in [-0.05, 0) is 6.92 Å². The van der Waals surface area contributed by atoms with Gasteiger partial charge >= 0.3 is 0 Å². The van der Waals surface area contributed by atoms with Gasteiger partial charge in [0.25, 0.3) is 17.4 Å². The summed E-state index contributed by atoms with van der Waals surface area (Å²) in [6, 6.07) is 0. The van der Waals surface area contributed by atoms with Crippen LogP contribution >= 0.6 is 12.4 Å². The molecule has 1 amide bonds. The van der Waals surface area contributed by atoms with Gasteiger partial charge in [-0.1, -0.05) is 20.8 Å². The summed E-state index contributed by atoms with van der Waals surface area (Å²) < 4.78 is 26.0. The van der Waals surface area contributed by atoms with Crippen LogP contribution in [0.5, 0.6) is 0 Å². The highest BCUT2D eigenvalue weighted by Gasteiger charge is 2.29. The third-order valence-corrected chi connectivity index (χ3v) is 2.84. The Morgan fingerprint density at radius 2 is 1.91 bits per heavy atom. The maximum Gasteiger partial charge on any atom is 0.277 e. The fourth-order valence-corrected chi connectivity index (χ4v) is 1.58. The number of carbonyl (C=O) groups excluding carboxylic acids is 1. The van der Waals surface area contributed by atoms with Crippen molar-refractivity contribution in [3.63, 3.8) is 0 Å². The average molecular weight is 339 g/mol. The van der Waals surface area contributed by atoms with Gasteiger partial charge in [-0.3, -0.25) is 9.59 Å². The van der Waals surface area contributed by atoms with Gasteiger partial charge in [0.05, 0.1) is 18.8 Å². The highest BCUT2D eigenvalue weighted by atomic mass is 35.5. The first-order valence-electron chi connectivity index (χ1n) is 6.45. The Balaban J connectivity index is 0.00000441. The second kappa shape index (κ2) is 7.15. The van der Waals surface area contributed by atoms with E-state index in [-0.39, 0.29) is 23.7 Å². The van der Waals surface area contributed by atoms with Crippen LogP contribution in [0.25, 0.3) is 0 Å². The number of carbonyl (C=O) groups is 1. The Morgan fingerprint density at radius 3 is 2.32 bits per heavy atom. The van der Waals surface area contributed by atoms with Crippen LogP contribution in [0.3, 0.4) is 0 Å². The molecular weight excluding hydrogens is 318 g/mol. The highest BCUT2D eigenvalue weighted by Crippen LogP contribution is 2.17. The van der Waals surface area contributed by atoms with Crippen molar-refractivity contribution in [3.05, 3.63) is 27.4 Å². The molecule has 0 aromatic carbocycles. The zero-order chi connectivity index (χ0) is 16.4. The predicted octanol–water partition coefficient (Wildman–Crippen LogP) is 1.12. The van der Waals surface area contributed by atoms with Gasteiger partial charge in [-0.2, -0.15) is 0 Å². The number of nitrogens with zero attached hydrogens (tertiary/aromatic N) is 1. The van der Waals surface area contributed by atoms with Crippen LogP contribution in [0.1, 0.15) is 42.6 Å². The molecule has 6 nitrogen and oxygen atoms in total. The van der Waals surface area contributed by atoms with Crippen LogP contribution in [0.15, 0.2) is 4.79 Å². The third kappa shape index (κ3) is 5.03. The molecule has 0 saturated heterocycles. The normalized spacial score (nSPS) is 11.8. The smallest absolute Gasteiger partial charge is 0.277 e. The molecule has 126 valence electrons. The van der Waals surface area contributed by atoms with Crippen LogP contribution in [0, 0.1) is 6.92 Å². The van der Waals surface area contributed by atoms with E-state index < -0.39 is 35.9 Å². The number of hydrogen-bond acceptors (Lipinski definition) is 4. The topological polar surface area (TPSA) is 101 Å². The minimum absolute atomic E-state index is 0. The molecule has 9 heteroatoms. The Morgan fingerprint density at radius 1 is 1.36 bits per heavy atom. The lowest BCUT2D eigenvalue weighted by atomic mass is 9.95. The number of amides is 1. The van der Waals surface area contributed by atoms with Crippen molar-refractivity contribution < 1.29 is 13.6 Å². The molecule has 0 bridgehead atoms. The van der Waals surface area contributed by atoms with Gasteiger partial charge in [0.15, 0.2) is 0 Å². The van der Waals surface area contributed by atoms with Crippen LogP contribution in [0.4, 0.5) is 8.78 Å². The van der Waals surface area contributed by atoms with Crippen LogP contribution in [-0.4, -0.2) is 34.9 Å². The van der Waals surface area contributed by atoms with E-state index in [9.17, 15) is 18.4 Å². The number of H-pyrrole nitrogens is 1. The quantitative estimate of drug-likeness (QED) is 0.765. The van der Waals surface area contributed by atoms with Gasteiger partial charge in [0.2, 0.25) is 0 Å². The molecule has 22 heavy (non-hydrogen) atoms. The lowest BCUT2D eigenvalue weighted by Crippen LogP contribution is -2.43. The first-order chi connectivity index (χ1) is 9.48. The van der Waals surface area contributed by atoms with E-state index in [2.05, 4.69) is 9.97 Å². The van der Waals surface area contributed by atoms with Gasteiger partial charge in [-0.15, -0.1) is 12.4 Å². The van der Waals surface area contributed by atoms with Crippen LogP contribution in [-0.2, 0) is 5.41 Å². The van der Waals surface area contributed by atoms with Crippen molar-refractivity contribution in [1.29, 1.82) is 0 Å². The molecule has 0 unspecified atom stereocenters. The summed E-state index contributed by atoms with van der Waals surface area (Å²) in [6.07, 6.45) is 0. The van der Waals surface area contributed by atoms with Gasteiger partial charge in [-0.25, -0.2) is 13.8 Å². The summed E-state index contributed by atoms with van der Waals surface area (Å²) in [7, 11) is 0. The van der Waals surface area contributed by atoms with Crippen molar-refractivity contribution >= 4 is 18.3 Å². The number of aromatic amines is 1. The summed E-state index contributed by atoms with van der Waals surface area (Å²) >= 11 is 0. The molecule has 1 heterocycles. The van der Waals surface area contributed by atoms with Crippen molar-refractivity contribution in [2.75, 3.05) is 13.1 Å². The summed E-state index contributed by atoms with van der Waals surface area (Å²) in [5.74, 6) is -3.68. The molecule has 0 atom stereocenters. The van der Waals surface area contributed by atoms with Crippen LogP contribution in [0.2, 0.25) is 0 Å². The first kappa shape index (κ1) is 20.5. The zero-order valence-electron chi connectivity index (χ0n) is 12.9. The Labute approximate surface area is 133 Å². The van der Waals surface area contributed by atoms with Crippen molar-refractivity contribution in [2.45, 2.75) is 39.0 Å². The maximum absolute atomic E-state index is 13.0. The molecule has 1 aromatic heterocycles. The second-order valence-electron chi connectivity index (χ2n) is 5.87. The van der Waals surface area contributed by atoms with Crippen LogP contribution < -0.4 is 16.6 Å². The fraction of sp³-hybridized carbons (Fsp3) is 0.615. The maximum atomic E-state index is 13.0. The van der Waals surface area contributed by atoms with E-state index in [0.29, 0.717) is 5.82 Å². The van der Waals surface area contributed by atoms with Crippen molar-refractivity contribution in [2.24, 2.45) is 5.73 Å². The van der Waals surface area contributed by atoms with E-state index >= 15 is 0 Å². The summed E-state index contributed by atoms with van der Waals surface area (Å²) in [5, 5.41) is 2.00. The number of halogens is 3. The van der Waals surface area contributed by atoms with Crippen molar-refractivity contribution in [3.8, 4) is 0 Å². The Hall–Kier alpha value is -1.54. The predicted molar refractivity (Wildman–Crippen MR) is 81.9 cm³/mol. The molecule has 0 aliphatic carbocycles. The minimum atomic E-state index is -3.21. The number of rotatable bonds is 4. The van der Waals surface area contributed by atoms with Gasteiger partial charge < -0.3 is 16.0 Å². The molecule has 0 radical (unpaired) electrons. The number of hydrogen-bond donors (Lipinski definition) is 3. The molecular formula is C13H21ClF2N4O2. The Bertz CT molecular complexity index is 597. The van der Waals surface area contributed by atoms with E-state index in [0.717, 1.165) is 0 Å². The lowest BCUT2D eigenvalue weighted by Gasteiger charge is -2.19. The molecule has 0 aliphatic rings. The second-order valence-corrected chi connectivity index (χ2v) is 5.87. The monoisotopic (exact) mass is 338 g/mol. The number of aromatic nitrogens is 2. The summed E-state index contributed by atoms with van der Waals surface area (Å²) in [5.41, 5.74) is 3.75. The number of aryl methyl sites for hydroxylation is 1. The Kier molecular flexibility index (Phi) is 6.65. The molecule has 1 aromatic rings. The standard InChI is InChI=1S/C13H20F2N4O2.ClH/c1-7-8(9(20)17-6-13(14,15)5-16)10(21)19-11(18-7)12(2,3)4;/h5-6,16H2,1-4H3,(H,17,20)(H,18,19,21);1H.